The topological polar surface area (TPSA) is 81.7 Å². The van der Waals surface area contributed by atoms with Gasteiger partial charge in [0.2, 0.25) is 0 Å². The summed E-state index contributed by atoms with van der Waals surface area (Å²) in [4.78, 5) is 35.6. The molecule has 0 unspecified atom stereocenters. The highest BCUT2D eigenvalue weighted by Gasteiger charge is 2.18. The smallest absolute Gasteiger partial charge is 0.306 e. The second-order valence-corrected chi connectivity index (χ2v) is 6.30. The summed E-state index contributed by atoms with van der Waals surface area (Å²) in [5, 5.41) is 2.67. The number of rotatable bonds is 9. The Balaban J connectivity index is 1.84. The molecule has 0 aliphatic rings. The summed E-state index contributed by atoms with van der Waals surface area (Å²) in [7, 11) is 0. The quantitative estimate of drug-likeness (QED) is 0.526. The number of hydrogen-bond acceptors (Lipinski definition) is 5. The van der Waals surface area contributed by atoms with Crippen molar-refractivity contribution in [3.8, 4) is 5.75 Å². The zero-order valence-corrected chi connectivity index (χ0v) is 16.4. The zero-order valence-electron chi connectivity index (χ0n) is 16.4. The van der Waals surface area contributed by atoms with Crippen LogP contribution in [0, 0.1) is 0 Å². The normalized spacial score (nSPS) is 11.4. The average Bonchev–Trinajstić information content (AvgIpc) is 2.68. The number of carbonyl (C=O) groups excluding carboxylic acids is 3. The number of aryl methyl sites for hydroxylation is 1. The van der Waals surface area contributed by atoms with E-state index in [9.17, 15) is 14.4 Å². The van der Waals surface area contributed by atoms with Crippen molar-refractivity contribution in [2.45, 2.75) is 39.7 Å². The summed E-state index contributed by atoms with van der Waals surface area (Å²) in [5.41, 5.74) is 2.01. The maximum Gasteiger partial charge on any atom is 0.306 e. The first-order valence-corrected chi connectivity index (χ1v) is 9.22. The van der Waals surface area contributed by atoms with Gasteiger partial charge in [-0.2, -0.15) is 0 Å². The number of ether oxygens (including phenoxy) is 2. The van der Waals surface area contributed by atoms with E-state index in [4.69, 9.17) is 9.47 Å². The van der Waals surface area contributed by atoms with E-state index in [2.05, 4.69) is 5.32 Å². The van der Waals surface area contributed by atoms with Crippen LogP contribution in [0.1, 0.15) is 43.1 Å². The molecule has 0 radical (unpaired) electrons. The third kappa shape index (κ3) is 6.23. The van der Waals surface area contributed by atoms with E-state index in [1.807, 2.05) is 31.2 Å². The molecule has 6 heteroatoms. The largest absolute Gasteiger partial charge is 0.494 e. The fourth-order valence-corrected chi connectivity index (χ4v) is 2.59. The van der Waals surface area contributed by atoms with Crippen molar-refractivity contribution in [3.05, 3.63) is 59.7 Å². The van der Waals surface area contributed by atoms with Crippen LogP contribution < -0.4 is 10.1 Å². The number of ketones is 1. The Bertz CT molecular complexity index is 829. The molecule has 1 atom stereocenters. The Labute approximate surface area is 164 Å². The van der Waals surface area contributed by atoms with Gasteiger partial charge in [-0.15, -0.1) is 0 Å². The van der Waals surface area contributed by atoms with Gasteiger partial charge in [0.25, 0.3) is 5.91 Å². The number of anilines is 1. The van der Waals surface area contributed by atoms with Crippen molar-refractivity contribution in [2.75, 3.05) is 11.9 Å². The molecule has 0 saturated heterocycles. The van der Waals surface area contributed by atoms with E-state index in [0.717, 1.165) is 11.3 Å². The summed E-state index contributed by atoms with van der Waals surface area (Å²) in [6, 6.07) is 14.0. The van der Waals surface area contributed by atoms with Gasteiger partial charge >= 0.3 is 5.97 Å². The second-order valence-electron chi connectivity index (χ2n) is 6.30. The number of nitrogens with one attached hydrogen (secondary N) is 1. The number of carbonyl (C=O) groups is 3. The predicted octanol–water partition coefficient (Wildman–Crippen LogP) is 3.79. The molecule has 0 saturated carbocycles. The van der Waals surface area contributed by atoms with Gasteiger partial charge in [0.15, 0.2) is 11.9 Å². The Morgan fingerprint density at radius 3 is 2.36 bits per heavy atom. The lowest BCUT2D eigenvalue weighted by molar-refractivity contribution is -0.153. The molecule has 6 nitrogen and oxygen atoms in total. The van der Waals surface area contributed by atoms with Crippen molar-refractivity contribution in [1.82, 2.24) is 0 Å². The molecule has 148 valence electrons. The van der Waals surface area contributed by atoms with Crippen LogP contribution in [0.15, 0.2) is 48.5 Å². The summed E-state index contributed by atoms with van der Waals surface area (Å²) in [6.45, 7) is 5.44. The molecule has 0 aliphatic heterocycles. The van der Waals surface area contributed by atoms with Crippen molar-refractivity contribution in [2.24, 2.45) is 0 Å². The van der Waals surface area contributed by atoms with Crippen molar-refractivity contribution in [3.63, 3.8) is 0 Å². The lowest BCUT2D eigenvalue weighted by Gasteiger charge is -2.14. The van der Waals surface area contributed by atoms with Gasteiger partial charge < -0.3 is 14.8 Å². The Morgan fingerprint density at radius 1 is 1.04 bits per heavy atom. The lowest BCUT2D eigenvalue weighted by atomic mass is 10.1. The molecule has 1 N–H and O–H groups in total. The number of esters is 1. The third-order valence-corrected chi connectivity index (χ3v) is 4.11. The van der Waals surface area contributed by atoms with Gasteiger partial charge in [-0.1, -0.05) is 18.2 Å². The minimum Gasteiger partial charge on any atom is -0.494 e. The van der Waals surface area contributed by atoms with E-state index in [0.29, 0.717) is 24.3 Å². The standard InChI is InChI=1S/C22H25NO5/c1-4-27-20-8-6-5-7-18(20)11-14-21(25)28-16(3)22(26)23-19-12-9-17(10-13-19)15(2)24/h5-10,12-13,16H,4,11,14H2,1-3H3,(H,23,26)/t16-/m0/s1. The minimum absolute atomic E-state index is 0.0499. The van der Waals surface area contributed by atoms with Crippen LogP contribution in [0.3, 0.4) is 0 Å². The number of amides is 1. The number of hydrogen-bond donors (Lipinski definition) is 1. The lowest BCUT2D eigenvalue weighted by Crippen LogP contribution is -2.30. The van der Waals surface area contributed by atoms with Crippen LogP contribution in [0.5, 0.6) is 5.75 Å². The van der Waals surface area contributed by atoms with E-state index < -0.39 is 18.0 Å². The maximum absolute atomic E-state index is 12.2. The van der Waals surface area contributed by atoms with Gasteiger partial charge in [-0.3, -0.25) is 14.4 Å². The van der Waals surface area contributed by atoms with Crippen LogP contribution in [0.25, 0.3) is 0 Å². The van der Waals surface area contributed by atoms with Crippen molar-refractivity contribution < 1.29 is 23.9 Å². The number of benzene rings is 2. The number of para-hydroxylation sites is 1. The monoisotopic (exact) mass is 383 g/mol. The van der Waals surface area contributed by atoms with E-state index >= 15 is 0 Å². The Kier molecular flexibility index (Phi) is 7.75. The van der Waals surface area contributed by atoms with Crippen LogP contribution in [0.4, 0.5) is 5.69 Å². The molecule has 0 aromatic heterocycles. The van der Waals surface area contributed by atoms with E-state index in [1.165, 1.54) is 13.8 Å². The minimum atomic E-state index is -0.929. The second kappa shape index (κ2) is 10.3. The van der Waals surface area contributed by atoms with Crippen LogP contribution in [-0.2, 0) is 20.7 Å². The molecule has 0 fully saturated rings. The predicted molar refractivity (Wildman–Crippen MR) is 107 cm³/mol. The molecule has 2 rings (SSSR count). The SMILES string of the molecule is CCOc1ccccc1CCC(=O)O[C@@H](C)C(=O)Nc1ccc(C(C)=O)cc1. The summed E-state index contributed by atoms with van der Waals surface area (Å²) in [5.74, 6) is -0.191. The molecular weight excluding hydrogens is 358 g/mol. The third-order valence-electron chi connectivity index (χ3n) is 4.11. The number of Topliss-reactive ketones (excluding diaryl/α,β-unsaturated/α-hetero) is 1. The maximum atomic E-state index is 12.2. The van der Waals surface area contributed by atoms with Crippen LogP contribution in [0.2, 0.25) is 0 Å². The van der Waals surface area contributed by atoms with Crippen LogP contribution in [-0.4, -0.2) is 30.4 Å². The molecule has 0 aliphatic carbocycles. The highest BCUT2D eigenvalue weighted by molar-refractivity contribution is 5.97. The van der Waals surface area contributed by atoms with Gasteiger partial charge in [0.05, 0.1) is 6.61 Å². The summed E-state index contributed by atoms with van der Waals surface area (Å²) in [6.07, 6.45) is -0.313. The first-order chi connectivity index (χ1) is 13.4. The first-order valence-electron chi connectivity index (χ1n) is 9.22. The van der Waals surface area contributed by atoms with E-state index in [-0.39, 0.29) is 12.2 Å². The molecule has 2 aromatic rings. The molecule has 0 bridgehead atoms. The molecule has 0 heterocycles. The highest BCUT2D eigenvalue weighted by atomic mass is 16.5. The fourth-order valence-electron chi connectivity index (χ4n) is 2.59. The molecular formula is C22H25NO5. The van der Waals surface area contributed by atoms with Gasteiger partial charge in [-0.05, 0) is 63.1 Å². The van der Waals surface area contributed by atoms with Crippen LogP contribution >= 0.6 is 0 Å². The molecule has 2 aromatic carbocycles. The zero-order chi connectivity index (χ0) is 20.5. The summed E-state index contributed by atoms with van der Waals surface area (Å²) < 4.78 is 10.8. The fraction of sp³-hybridized carbons (Fsp3) is 0.318. The van der Waals surface area contributed by atoms with Crippen molar-refractivity contribution in [1.29, 1.82) is 0 Å². The van der Waals surface area contributed by atoms with Gasteiger partial charge in [-0.25, -0.2) is 0 Å². The Morgan fingerprint density at radius 2 is 1.71 bits per heavy atom. The molecule has 28 heavy (non-hydrogen) atoms. The molecule has 0 spiro atoms. The summed E-state index contributed by atoms with van der Waals surface area (Å²) >= 11 is 0. The Hall–Kier alpha value is -3.15. The highest BCUT2D eigenvalue weighted by Crippen LogP contribution is 2.20. The molecule has 1 amide bonds. The first kappa shape index (κ1) is 21.2. The van der Waals surface area contributed by atoms with Gasteiger partial charge in [0.1, 0.15) is 5.75 Å². The van der Waals surface area contributed by atoms with Crippen molar-refractivity contribution >= 4 is 23.3 Å². The average molecular weight is 383 g/mol. The van der Waals surface area contributed by atoms with Gasteiger partial charge in [0, 0.05) is 17.7 Å². The van der Waals surface area contributed by atoms with E-state index in [1.54, 1.807) is 24.3 Å².